The Hall–Kier alpha value is -2.42. The molecule has 3 heteroatoms. The molecule has 0 radical (unpaired) electrons. The van der Waals surface area contributed by atoms with Crippen LogP contribution in [0.4, 0.5) is 0 Å². The van der Waals surface area contributed by atoms with Crippen LogP contribution in [0.2, 0.25) is 0 Å². The summed E-state index contributed by atoms with van der Waals surface area (Å²) >= 11 is 0. The number of aryl methyl sites for hydroxylation is 1. The third-order valence-electron chi connectivity index (χ3n) is 2.87. The zero-order valence-electron chi connectivity index (χ0n) is 10.1. The molecule has 0 spiro atoms. The Labute approximate surface area is 106 Å². The van der Waals surface area contributed by atoms with Crippen LogP contribution in [-0.4, -0.2) is 15.0 Å². The predicted molar refractivity (Wildman–Crippen MR) is 72.0 cm³/mol. The van der Waals surface area contributed by atoms with E-state index in [-0.39, 0.29) is 0 Å². The van der Waals surface area contributed by atoms with Crippen molar-refractivity contribution in [3.05, 3.63) is 60.6 Å². The summed E-state index contributed by atoms with van der Waals surface area (Å²) < 4.78 is 0. The Kier molecular flexibility index (Phi) is 2.65. The van der Waals surface area contributed by atoms with Crippen LogP contribution in [0.25, 0.3) is 22.6 Å². The average molecular weight is 235 g/mol. The fraction of sp³-hybridized carbons (Fsp3) is 0.0667. The van der Waals surface area contributed by atoms with E-state index in [4.69, 9.17) is 0 Å². The van der Waals surface area contributed by atoms with Crippen molar-refractivity contribution in [1.29, 1.82) is 0 Å². The SMILES string of the molecule is Cc1[nH]c(-c2cccnc2)nc1-c1ccccc1. The van der Waals surface area contributed by atoms with Gasteiger partial charge in [0.25, 0.3) is 0 Å². The Morgan fingerprint density at radius 2 is 1.72 bits per heavy atom. The number of hydrogen-bond donors (Lipinski definition) is 1. The molecule has 3 aromatic rings. The van der Waals surface area contributed by atoms with Crippen LogP contribution in [0.1, 0.15) is 5.69 Å². The summed E-state index contributed by atoms with van der Waals surface area (Å²) in [5, 5.41) is 0. The van der Waals surface area contributed by atoms with E-state index in [1.807, 2.05) is 43.5 Å². The van der Waals surface area contributed by atoms with Gasteiger partial charge >= 0.3 is 0 Å². The van der Waals surface area contributed by atoms with E-state index in [0.717, 1.165) is 28.3 Å². The average Bonchev–Trinajstić information content (AvgIpc) is 2.83. The molecule has 1 aromatic carbocycles. The van der Waals surface area contributed by atoms with Crippen molar-refractivity contribution in [2.45, 2.75) is 6.92 Å². The fourth-order valence-electron chi connectivity index (χ4n) is 1.98. The van der Waals surface area contributed by atoms with Crippen molar-refractivity contribution in [3.63, 3.8) is 0 Å². The molecule has 0 aliphatic rings. The number of benzene rings is 1. The molecule has 0 fully saturated rings. The lowest BCUT2D eigenvalue weighted by atomic mass is 10.1. The molecule has 18 heavy (non-hydrogen) atoms. The predicted octanol–water partition coefficient (Wildman–Crippen LogP) is 3.45. The topological polar surface area (TPSA) is 41.6 Å². The van der Waals surface area contributed by atoms with E-state index < -0.39 is 0 Å². The Morgan fingerprint density at radius 3 is 2.44 bits per heavy atom. The standard InChI is InChI=1S/C15H13N3/c1-11-14(12-6-3-2-4-7-12)18-15(17-11)13-8-5-9-16-10-13/h2-10H,1H3,(H,17,18). The summed E-state index contributed by atoms with van der Waals surface area (Å²) in [5.74, 6) is 0.861. The summed E-state index contributed by atoms with van der Waals surface area (Å²) in [6, 6.07) is 14.1. The summed E-state index contributed by atoms with van der Waals surface area (Å²) in [5.41, 5.74) is 4.19. The molecule has 0 saturated heterocycles. The van der Waals surface area contributed by atoms with Gasteiger partial charge in [-0.05, 0) is 19.1 Å². The highest BCUT2D eigenvalue weighted by Gasteiger charge is 2.09. The maximum atomic E-state index is 4.65. The number of nitrogens with one attached hydrogen (secondary N) is 1. The fourth-order valence-corrected chi connectivity index (χ4v) is 1.98. The smallest absolute Gasteiger partial charge is 0.139 e. The van der Waals surface area contributed by atoms with Crippen LogP contribution >= 0.6 is 0 Å². The highest BCUT2D eigenvalue weighted by molar-refractivity contribution is 5.66. The summed E-state index contributed by atoms with van der Waals surface area (Å²) in [4.78, 5) is 12.1. The van der Waals surface area contributed by atoms with Gasteiger partial charge in [-0.15, -0.1) is 0 Å². The number of pyridine rings is 1. The molecule has 88 valence electrons. The van der Waals surface area contributed by atoms with Crippen LogP contribution < -0.4 is 0 Å². The van der Waals surface area contributed by atoms with Gasteiger partial charge < -0.3 is 4.98 Å². The lowest BCUT2D eigenvalue weighted by Crippen LogP contribution is -1.81. The Morgan fingerprint density at radius 1 is 0.944 bits per heavy atom. The Bertz CT molecular complexity index is 642. The minimum absolute atomic E-state index is 0.861. The van der Waals surface area contributed by atoms with E-state index in [9.17, 15) is 0 Å². The third kappa shape index (κ3) is 1.91. The molecule has 0 unspecified atom stereocenters. The van der Waals surface area contributed by atoms with Gasteiger partial charge in [-0.25, -0.2) is 4.98 Å². The molecular formula is C15H13N3. The molecule has 2 heterocycles. The molecule has 1 N–H and O–H groups in total. The van der Waals surface area contributed by atoms with Crippen molar-refractivity contribution in [2.75, 3.05) is 0 Å². The molecule has 0 saturated carbocycles. The first-order valence-electron chi connectivity index (χ1n) is 5.87. The first-order chi connectivity index (χ1) is 8.84. The van der Waals surface area contributed by atoms with Gasteiger partial charge in [-0.2, -0.15) is 0 Å². The van der Waals surface area contributed by atoms with Crippen LogP contribution in [0.5, 0.6) is 0 Å². The minimum Gasteiger partial charge on any atom is -0.341 e. The first kappa shape index (κ1) is 10.7. The van der Waals surface area contributed by atoms with Crippen LogP contribution in [0, 0.1) is 6.92 Å². The second kappa shape index (κ2) is 4.45. The van der Waals surface area contributed by atoms with Gasteiger partial charge in [-0.1, -0.05) is 30.3 Å². The molecule has 0 aliphatic carbocycles. The number of aromatic amines is 1. The van der Waals surface area contributed by atoms with E-state index in [1.165, 1.54) is 0 Å². The highest BCUT2D eigenvalue weighted by Crippen LogP contribution is 2.24. The van der Waals surface area contributed by atoms with E-state index in [1.54, 1.807) is 6.20 Å². The number of aromatic nitrogens is 3. The van der Waals surface area contributed by atoms with Gasteiger partial charge in [0.15, 0.2) is 0 Å². The number of imidazole rings is 1. The largest absolute Gasteiger partial charge is 0.341 e. The number of nitrogens with zero attached hydrogens (tertiary/aromatic N) is 2. The molecule has 2 aromatic heterocycles. The summed E-state index contributed by atoms with van der Waals surface area (Å²) in [7, 11) is 0. The van der Waals surface area contributed by atoms with Gasteiger partial charge in [0.05, 0.1) is 5.69 Å². The third-order valence-corrected chi connectivity index (χ3v) is 2.87. The van der Waals surface area contributed by atoms with E-state index in [0.29, 0.717) is 0 Å². The van der Waals surface area contributed by atoms with Crippen molar-refractivity contribution < 1.29 is 0 Å². The molecule has 0 atom stereocenters. The molecule has 0 aliphatic heterocycles. The monoisotopic (exact) mass is 235 g/mol. The molecular weight excluding hydrogens is 222 g/mol. The van der Waals surface area contributed by atoms with Crippen LogP contribution in [-0.2, 0) is 0 Å². The molecule has 0 amide bonds. The van der Waals surface area contributed by atoms with Crippen LogP contribution in [0.15, 0.2) is 54.9 Å². The number of rotatable bonds is 2. The quantitative estimate of drug-likeness (QED) is 0.739. The lowest BCUT2D eigenvalue weighted by Gasteiger charge is -1.96. The zero-order valence-corrected chi connectivity index (χ0v) is 10.1. The van der Waals surface area contributed by atoms with Crippen LogP contribution in [0.3, 0.4) is 0 Å². The van der Waals surface area contributed by atoms with E-state index >= 15 is 0 Å². The van der Waals surface area contributed by atoms with Crippen molar-refractivity contribution in [3.8, 4) is 22.6 Å². The lowest BCUT2D eigenvalue weighted by molar-refractivity contribution is 1.23. The first-order valence-corrected chi connectivity index (χ1v) is 5.87. The minimum atomic E-state index is 0.861. The van der Waals surface area contributed by atoms with E-state index in [2.05, 4.69) is 27.1 Å². The van der Waals surface area contributed by atoms with Crippen molar-refractivity contribution in [2.24, 2.45) is 0 Å². The number of H-pyrrole nitrogens is 1. The molecule has 3 rings (SSSR count). The highest BCUT2D eigenvalue weighted by atomic mass is 14.9. The van der Waals surface area contributed by atoms with Gasteiger partial charge in [-0.3, -0.25) is 4.98 Å². The molecule has 0 bridgehead atoms. The maximum Gasteiger partial charge on any atom is 0.139 e. The normalized spacial score (nSPS) is 10.5. The second-order valence-electron chi connectivity index (χ2n) is 4.17. The van der Waals surface area contributed by atoms with Crippen molar-refractivity contribution in [1.82, 2.24) is 15.0 Å². The maximum absolute atomic E-state index is 4.65. The van der Waals surface area contributed by atoms with Gasteiger partial charge in [0, 0.05) is 29.2 Å². The zero-order chi connectivity index (χ0) is 12.4. The summed E-state index contributed by atoms with van der Waals surface area (Å²) in [6.07, 6.45) is 3.57. The second-order valence-corrected chi connectivity index (χ2v) is 4.17. The van der Waals surface area contributed by atoms with Gasteiger partial charge in [0.1, 0.15) is 5.82 Å². The van der Waals surface area contributed by atoms with Gasteiger partial charge in [0.2, 0.25) is 0 Å². The Balaban J connectivity index is 2.07. The molecule has 3 nitrogen and oxygen atoms in total. The number of hydrogen-bond acceptors (Lipinski definition) is 2. The summed E-state index contributed by atoms with van der Waals surface area (Å²) in [6.45, 7) is 2.04. The van der Waals surface area contributed by atoms with Crippen molar-refractivity contribution >= 4 is 0 Å².